The summed E-state index contributed by atoms with van der Waals surface area (Å²) in [5.74, 6) is 0.0114. The first-order valence-corrected chi connectivity index (χ1v) is 7.79. The first kappa shape index (κ1) is 15.9. The number of benzene rings is 2. The van der Waals surface area contributed by atoms with Gasteiger partial charge in [-0.25, -0.2) is 0 Å². The molecule has 2 aromatic carbocycles. The molecule has 0 amide bonds. The molecule has 4 N–H and O–H groups in total. The Morgan fingerprint density at radius 2 is 1.92 bits per heavy atom. The van der Waals surface area contributed by atoms with E-state index in [-0.39, 0.29) is 11.0 Å². The lowest BCUT2D eigenvalue weighted by Crippen LogP contribution is -2.08. The standard InChI is InChI=1S/C17H17N5OS/c1-11-6-2-4-8-13(11)19-10-22-14-9-5-3-7-12(14)15(16(22)23)20-21-17(18)24/h2-9,19,23H,10H2,1H3,(H2,18,24). The molecule has 0 saturated carbocycles. The zero-order chi connectivity index (χ0) is 17.1. The fraction of sp³-hybridized carbons (Fsp3) is 0.118. The number of aromatic hydroxyl groups is 1. The van der Waals surface area contributed by atoms with Crippen molar-refractivity contribution >= 4 is 39.6 Å². The number of thiocarbonyl (C=S) groups is 1. The summed E-state index contributed by atoms with van der Waals surface area (Å²) in [5.41, 5.74) is 8.68. The number of azo groups is 1. The number of aryl methyl sites for hydroxylation is 1. The predicted molar refractivity (Wildman–Crippen MR) is 99.7 cm³/mol. The van der Waals surface area contributed by atoms with Gasteiger partial charge in [-0.15, -0.1) is 10.2 Å². The van der Waals surface area contributed by atoms with Crippen molar-refractivity contribution < 1.29 is 5.11 Å². The van der Waals surface area contributed by atoms with E-state index in [1.165, 1.54) is 0 Å². The molecule has 3 aromatic rings. The lowest BCUT2D eigenvalue weighted by molar-refractivity contribution is 0.428. The maximum Gasteiger partial charge on any atom is 0.222 e. The molecule has 0 aliphatic carbocycles. The van der Waals surface area contributed by atoms with Gasteiger partial charge in [0.1, 0.15) is 0 Å². The number of hydrogen-bond donors (Lipinski definition) is 3. The molecule has 7 heteroatoms. The van der Waals surface area contributed by atoms with Gasteiger partial charge in [-0.1, -0.05) is 36.4 Å². The normalized spacial score (nSPS) is 11.2. The number of nitrogens with two attached hydrogens (primary N) is 1. The average molecular weight is 339 g/mol. The fourth-order valence-electron chi connectivity index (χ4n) is 2.57. The molecule has 6 nitrogen and oxygen atoms in total. The van der Waals surface area contributed by atoms with Gasteiger partial charge in [0.2, 0.25) is 11.0 Å². The summed E-state index contributed by atoms with van der Waals surface area (Å²) >= 11 is 4.71. The Balaban J connectivity index is 2.00. The highest BCUT2D eigenvalue weighted by molar-refractivity contribution is 7.80. The maximum atomic E-state index is 10.6. The summed E-state index contributed by atoms with van der Waals surface area (Å²) in [5, 5.41) is 22.3. The lowest BCUT2D eigenvalue weighted by Gasteiger charge is -2.12. The maximum absolute atomic E-state index is 10.6. The van der Waals surface area contributed by atoms with Gasteiger partial charge in [0.15, 0.2) is 5.69 Å². The molecule has 1 heterocycles. The van der Waals surface area contributed by atoms with E-state index in [2.05, 4.69) is 15.5 Å². The number of nitrogens with one attached hydrogen (secondary N) is 1. The summed E-state index contributed by atoms with van der Waals surface area (Å²) < 4.78 is 1.73. The van der Waals surface area contributed by atoms with Crippen LogP contribution in [0.1, 0.15) is 5.56 Å². The summed E-state index contributed by atoms with van der Waals surface area (Å²) in [6, 6.07) is 15.5. The van der Waals surface area contributed by atoms with Crippen molar-refractivity contribution in [3.63, 3.8) is 0 Å². The summed E-state index contributed by atoms with van der Waals surface area (Å²) in [7, 11) is 0. The van der Waals surface area contributed by atoms with Crippen LogP contribution in [0.4, 0.5) is 11.4 Å². The monoisotopic (exact) mass is 339 g/mol. The fourth-order valence-corrected chi connectivity index (χ4v) is 2.61. The van der Waals surface area contributed by atoms with E-state index in [4.69, 9.17) is 18.0 Å². The third kappa shape index (κ3) is 3.07. The SMILES string of the molecule is Cc1ccccc1NCn1c(O)c(N=NC(N)=S)c2ccccc21. The smallest absolute Gasteiger partial charge is 0.222 e. The van der Waals surface area contributed by atoms with Crippen LogP contribution in [-0.4, -0.2) is 14.8 Å². The van der Waals surface area contributed by atoms with E-state index < -0.39 is 0 Å². The number of hydrogen-bond acceptors (Lipinski definition) is 4. The van der Waals surface area contributed by atoms with Crippen molar-refractivity contribution in [2.24, 2.45) is 16.0 Å². The Bertz CT molecular complexity index is 932. The minimum atomic E-state index is -0.0794. The Morgan fingerprint density at radius 1 is 1.21 bits per heavy atom. The molecule has 0 fully saturated rings. The van der Waals surface area contributed by atoms with Crippen LogP contribution in [0.5, 0.6) is 5.88 Å². The highest BCUT2D eigenvalue weighted by Crippen LogP contribution is 2.38. The van der Waals surface area contributed by atoms with Gasteiger partial charge in [-0.2, -0.15) is 0 Å². The van der Waals surface area contributed by atoms with Crippen LogP contribution in [0.25, 0.3) is 10.9 Å². The minimum absolute atomic E-state index is 0.0114. The first-order chi connectivity index (χ1) is 11.6. The third-order valence-corrected chi connectivity index (χ3v) is 3.82. The molecule has 0 unspecified atom stereocenters. The van der Waals surface area contributed by atoms with E-state index in [0.717, 1.165) is 22.2 Å². The first-order valence-electron chi connectivity index (χ1n) is 7.39. The minimum Gasteiger partial charge on any atom is -0.493 e. The van der Waals surface area contributed by atoms with Crippen LogP contribution < -0.4 is 11.1 Å². The second kappa shape index (κ2) is 6.67. The van der Waals surface area contributed by atoms with Crippen molar-refractivity contribution in [2.75, 3.05) is 5.32 Å². The molecule has 24 heavy (non-hydrogen) atoms. The Morgan fingerprint density at radius 3 is 2.67 bits per heavy atom. The highest BCUT2D eigenvalue weighted by atomic mass is 32.1. The molecule has 0 atom stereocenters. The van der Waals surface area contributed by atoms with Gasteiger partial charge in [-0.3, -0.25) is 4.57 Å². The zero-order valence-corrected chi connectivity index (χ0v) is 13.9. The topological polar surface area (TPSA) is 87.9 Å². The molecule has 0 radical (unpaired) electrons. The van der Waals surface area contributed by atoms with Crippen LogP contribution in [0.2, 0.25) is 0 Å². The van der Waals surface area contributed by atoms with Crippen molar-refractivity contribution in [3.8, 4) is 5.88 Å². The summed E-state index contributed by atoms with van der Waals surface area (Å²) in [6.45, 7) is 2.41. The van der Waals surface area contributed by atoms with E-state index in [1.54, 1.807) is 4.57 Å². The van der Waals surface area contributed by atoms with Gasteiger partial charge in [0.05, 0.1) is 12.2 Å². The molecule has 122 valence electrons. The summed E-state index contributed by atoms with van der Waals surface area (Å²) in [4.78, 5) is 0. The van der Waals surface area contributed by atoms with E-state index >= 15 is 0 Å². The van der Waals surface area contributed by atoms with Gasteiger partial charge in [-0.05, 0) is 36.8 Å². The second-order valence-electron chi connectivity index (χ2n) is 5.31. The Kier molecular flexibility index (Phi) is 4.43. The van der Waals surface area contributed by atoms with E-state index in [1.807, 2.05) is 55.5 Å². The largest absolute Gasteiger partial charge is 0.493 e. The molecule has 1 aromatic heterocycles. The van der Waals surface area contributed by atoms with Gasteiger partial charge >= 0.3 is 0 Å². The number of para-hydroxylation sites is 2. The molecule has 0 saturated heterocycles. The zero-order valence-electron chi connectivity index (χ0n) is 13.1. The van der Waals surface area contributed by atoms with Crippen LogP contribution >= 0.6 is 12.2 Å². The molecular weight excluding hydrogens is 322 g/mol. The molecule has 0 aliphatic heterocycles. The Labute approximate surface area is 144 Å². The van der Waals surface area contributed by atoms with Gasteiger partial charge in [0.25, 0.3) is 0 Å². The molecule has 0 spiro atoms. The molecule has 3 rings (SSSR count). The van der Waals surface area contributed by atoms with Crippen LogP contribution in [-0.2, 0) is 6.67 Å². The number of nitrogens with zero attached hydrogens (tertiary/aromatic N) is 3. The van der Waals surface area contributed by atoms with E-state index in [0.29, 0.717) is 12.4 Å². The third-order valence-electron chi connectivity index (χ3n) is 3.74. The van der Waals surface area contributed by atoms with Crippen molar-refractivity contribution in [1.29, 1.82) is 0 Å². The van der Waals surface area contributed by atoms with Crippen molar-refractivity contribution in [3.05, 3.63) is 54.1 Å². The number of anilines is 1. The molecular formula is C17H17N5OS. The van der Waals surface area contributed by atoms with Crippen molar-refractivity contribution in [1.82, 2.24) is 4.57 Å². The molecule has 0 bridgehead atoms. The van der Waals surface area contributed by atoms with Crippen LogP contribution in [0, 0.1) is 6.92 Å². The van der Waals surface area contributed by atoms with Gasteiger partial charge < -0.3 is 16.2 Å². The van der Waals surface area contributed by atoms with Gasteiger partial charge in [0, 0.05) is 11.1 Å². The van der Waals surface area contributed by atoms with Crippen LogP contribution in [0.3, 0.4) is 0 Å². The lowest BCUT2D eigenvalue weighted by atomic mass is 10.2. The quantitative estimate of drug-likeness (QED) is 0.494. The van der Waals surface area contributed by atoms with Crippen LogP contribution in [0.15, 0.2) is 58.8 Å². The van der Waals surface area contributed by atoms with E-state index in [9.17, 15) is 5.11 Å². The van der Waals surface area contributed by atoms with Crippen molar-refractivity contribution in [2.45, 2.75) is 13.6 Å². The Hall–Kier alpha value is -2.93. The summed E-state index contributed by atoms with van der Waals surface area (Å²) in [6.07, 6.45) is 0. The number of rotatable bonds is 4. The second-order valence-corrected chi connectivity index (χ2v) is 5.72. The predicted octanol–water partition coefficient (Wildman–Crippen LogP) is 4.05. The highest BCUT2D eigenvalue weighted by Gasteiger charge is 2.16. The average Bonchev–Trinajstić information content (AvgIpc) is 2.84. The number of fused-ring (bicyclic) bond motifs is 1. The molecule has 0 aliphatic rings. The number of aromatic nitrogens is 1.